The van der Waals surface area contributed by atoms with E-state index in [1.807, 2.05) is 39.8 Å². The maximum atomic E-state index is 12.9. The second kappa shape index (κ2) is 12.9. The van der Waals surface area contributed by atoms with E-state index in [1.165, 1.54) is 12.4 Å². The smallest absolute Gasteiger partial charge is 0.410 e. The molecule has 0 aliphatic carbocycles. The molecular formula is C30H39ClN6O5S. The number of rotatable bonds is 8. The summed E-state index contributed by atoms with van der Waals surface area (Å²) >= 11 is 6.39. The van der Waals surface area contributed by atoms with Crippen molar-refractivity contribution >= 4 is 50.7 Å². The number of hydrogen-bond donors (Lipinski definition) is 2. The minimum absolute atomic E-state index is 0.0843. The van der Waals surface area contributed by atoms with Gasteiger partial charge in [0.1, 0.15) is 16.4 Å². The van der Waals surface area contributed by atoms with Gasteiger partial charge in [-0.05, 0) is 95.7 Å². The maximum absolute atomic E-state index is 12.9. The van der Waals surface area contributed by atoms with Crippen molar-refractivity contribution in [2.75, 3.05) is 30.8 Å². The van der Waals surface area contributed by atoms with Crippen LogP contribution in [0.15, 0.2) is 41.7 Å². The molecule has 0 radical (unpaired) electrons. The lowest BCUT2D eigenvalue weighted by Crippen LogP contribution is -2.41. The van der Waals surface area contributed by atoms with E-state index in [2.05, 4.69) is 25.6 Å². The van der Waals surface area contributed by atoms with E-state index in [-0.39, 0.29) is 39.5 Å². The van der Waals surface area contributed by atoms with Gasteiger partial charge in [-0.2, -0.15) is 4.98 Å². The summed E-state index contributed by atoms with van der Waals surface area (Å²) in [5.41, 5.74) is 2.61. The summed E-state index contributed by atoms with van der Waals surface area (Å²) in [7, 11) is -2.06. The lowest BCUT2D eigenvalue weighted by molar-refractivity contribution is 0.0204. The molecule has 0 saturated carbocycles. The molecule has 2 N–H and O–H groups in total. The van der Waals surface area contributed by atoms with Gasteiger partial charge in [-0.3, -0.25) is 0 Å². The van der Waals surface area contributed by atoms with Gasteiger partial charge in [-0.1, -0.05) is 11.6 Å². The molecule has 1 aliphatic rings. The van der Waals surface area contributed by atoms with E-state index in [0.717, 1.165) is 24.0 Å². The largest absolute Gasteiger partial charge is 0.495 e. The molecule has 1 saturated heterocycles. The Balaban J connectivity index is 1.53. The maximum Gasteiger partial charge on any atom is 0.410 e. The minimum Gasteiger partial charge on any atom is -0.495 e. The quantitative estimate of drug-likeness (QED) is 0.279. The summed E-state index contributed by atoms with van der Waals surface area (Å²) in [6, 6.07) is 7.23. The average Bonchev–Trinajstić information content (AvgIpc) is 2.94. The van der Waals surface area contributed by atoms with Crippen LogP contribution in [0.25, 0.3) is 0 Å². The zero-order valence-electron chi connectivity index (χ0n) is 25.6. The van der Waals surface area contributed by atoms with Crippen LogP contribution >= 0.6 is 11.6 Å². The molecular weight excluding hydrogens is 592 g/mol. The van der Waals surface area contributed by atoms with E-state index in [9.17, 15) is 13.2 Å². The van der Waals surface area contributed by atoms with E-state index in [0.29, 0.717) is 24.5 Å². The standard InChI is InChI=1S/C30H39ClN6O5S/c1-18(2)43(39,40)27-23(9-8-12-32-27)34-26-22(31)17-33-28(36-26)35-24-15-19(3)21(16-25(24)41-7)20-10-13-37(14-11-20)29(38)42-30(4,5)6/h8-9,12,15-18,20H,10-11,13-14H2,1-7H3,(H2,33,34,35,36). The van der Waals surface area contributed by atoms with Gasteiger partial charge in [0.05, 0.1) is 29.9 Å². The molecule has 0 spiro atoms. The van der Waals surface area contributed by atoms with Crippen LogP contribution in [0.3, 0.4) is 0 Å². The first-order chi connectivity index (χ1) is 20.2. The first-order valence-corrected chi connectivity index (χ1v) is 16.0. The number of carbonyl (C=O) groups excluding carboxylic acids is 1. The number of hydrogen-bond acceptors (Lipinski definition) is 10. The fourth-order valence-electron chi connectivity index (χ4n) is 4.81. The van der Waals surface area contributed by atoms with Crippen LogP contribution in [0.2, 0.25) is 5.02 Å². The molecule has 2 aromatic heterocycles. The third-order valence-corrected chi connectivity index (χ3v) is 9.46. The molecule has 4 rings (SSSR count). The van der Waals surface area contributed by atoms with Crippen molar-refractivity contribution in [3.05, 3.63) is 52.8 Å². The van der Waals surface area contributed by atoms with Crippen LogP contribution < -0.4 is 15.4 Å². The molecule has 3 aromatic rings. The third kappa shape index (κ3) is 7.66. The summed E-state index contributed by atoms with van der Waals surface area (Å²) < 4.78 is 37.0. The molecule has 11 nitrogen and oxygen atoms in total. The molecule has 13 heteroatoms. The monoisotopic (exact) mass is 630 g/mol. The van der Waals surface area contributed by atoms with E-state index in [4.69, 9.17) is 21.1 Å². The third-order valence-electron chi connectivity index (χ3n) is 7.08. The van der Waals surface area contributed by atoms with E-state index >= 15 is 0 Å². The average molecular weight is 631 g/mol. The van der Waals surface area contributed by atoms with Gasteiger partial charge < -0.3 is 25.0 Å². The Morgan fingerprint density at radius 2 is 1.81 bits per heavy atom. The highest BCUT2D eigenvalue weighted by molar-refractivity contribution is 7.92. The van der Waals surface area contributed by atoms with Crippen molar-refractivity contribution in [1.82, 2.24) is 19.9 Å². The fourth-order valence-corrected chi connectivity index (χ4v) is 6.03. The number of pyridine rings is 1. The van der Waals surface area contributed by atoms with Crippen molar-refractivity contribution in [3.8, 4) is 5.75 Å². The summed E-state index contributed by atoms with van der Waals surface area (Å²) in [6.07, 6.45) is 4.20. The van der Waals surface area contributed by atoms with Crippen molar-refractivity contribution in [3.63, 3.8) is 0 Å². The van der Waals surface area contributed by atoms with Gasteiger partial charge in [-0.15, -0.1) is 0 Å². The normalized spacial score (nSPS) is 14.5. The molecule has 0 atom stereocenters. The van der Waals surface area contributed by atoms with Gasteiger partial charge in [0, 0.05) is 19.3 Å². The summed E-state index contributed by atoms with van der Waals surface area (Å²) in [5, 5.41) is 5.68. The Hall–Kier alpha value is -3.64. The van der Waals surface area contributed by atoms with Crippen molar-refractivity contribution in [2.24, 2.45) is 0 Å². The Kier molecular flexibility index (Phi) is 9.70. The Morgan fingerprint density at radius 3 is 2.44 bits per heavy atom. The lowest BCUT2D eigenvalue weighted by atomic mass is 9.86. The van der Waals surface area contributed by atoms with Gasteiger partial charge in [0.25, 0.3) is 0 Å². The fraction of sp³-hybridized carbons (Fsp3) is 0.467. The van der Waals surface area contributed by atoms with Crippen molar-refractivity contribution < 1.29 is 22.7 Å². The Labute approximate surface area is 258 Å². The molecule has 0 bridgehead atoms. The number of carbonyl (C=O) groups is 1. The number of benzene rings is 1. The first kappa shape index (κ1) is 32.3. The highest BCUT2D eigenvalue weighted by Gasteiger charge is 2.29. The van der Waals surface area contributed by atoms with Crippen molar-refractivity contribution in [2.45, 2.75) is 76.2 Å². The van der Waals surface area contributed by atoms with Crippen LogP contribution in [0.5, 0.6) is 5.75 Å². The number of ether oxygens (including phenoxy) is 2. The molecule has 1 fully saturated rings. The van der Waals surface area contributed by atoms with Crippen LogP contribution in [0.1, 0.15) is 64.5 Å². The first-order valence-electron chi connectivity index (χ1n) is 14.1. The molecule has 232 valence electrons. The van der Waals surface area contributed by atoms with Crippen LogP contribution in [0.4, 0.5) is 27.9 Å². The summed E-state index contributed by atoms with van der Waals surface area (Å²) in [6.45, 7) is 12.1. The number of halogens is 1. The van der Waals surface area contributed by atoms with Gasteiger partial charge in [0.2, 0.25) is 5.95 Å². The highest BCUT2D eigenvalue weighted by atomic mass is 35.5. The van der Waals surface area contributed by atoms with Crippen molar-refractivity contribution in [1.29, 1.82) is 0 Å². The zero-order chi connectivity index (χ0) is 31.5. The molecule has 1 amide bonds. The van der Waals surface area contributed by atoms with Crippen LogP contribution in [-0.4, -0.2) is 65.4 Å². The summed E-state index contributed by atoms with van der Waals surface area (Å²) in [4.78, 5) is 27.2. The predicted molar refractivity (Wildman–Crippen MR) is 168 cm³/mol. The van der Waals surface area contributed by atoms with E-state index in [1.54, 1.807) is 38.0 Å². The number of anilines is 4. The molecule has 3 heterocycles. The Morgan fingerprint density at radius 1 is 1.12 bits per heavy atom. The van der Waals surface area contributed by atoms with Crippen LogP contribution in [0, 0.1) is 6.92 Å². The number of methoxy groups -OCH3 is 1. The number of nitrogens with one attached hydrogen (secondary N) is 2. The molecule has 1 aromatic carbocycles. The minimum atomic E-state index is -3.66. The number of aromatic nitrogens is 3. The Bertz CT molecular complexity index is 1580. The van der Waals surface area contributed by atoms with Gasteiger partial charge >= 0.3 is 6.09 Å². The number of nitrogens with zero attached hydrogens (tertiary/aromatic N) is 4. The van der Waals surface area contributed by atoms with E-state index < -0.39 is 20.7 Å². The number of piperidine rings is 1. The topological polar surface area (TPSA) is 136 Å². The molecule has 0 unspecified atom stereocenters. The van der Waals surface area contributed by atoms with Gasteiger partial charge in [-0.25, -0.2) is 23.2 Å². The number of sulfone groups is 1. The highest BCUT2D eigenvalue weighted by Crippen LogP contribution is 2.38. The lowest BCUT2D eigenvalue weighted by Gasteiger charge is -2.34. The number of amides is 1. The second-order valence-electron chi connectivity index (χ2n) is 11.7. The second-order valence-corrected chi connectivity index (χ2v) is 14.6. The van der Waals surface area contributed by atoms with Crippen LogP contribution in [-0.2, 0) is 14.6 Å². The number of aryl methyl sites for hydroxylation is 1. The summed E-state index contributed by atoms with van der Waals surface area (Å²) in [5.74, 6) is 1.33. The predicted octanol–water partition coefficient (Wildman–Crippen LogP) is 6.63. The molecule has 1 aliphatic heterocycles. The SMILES string of the molecule is COc1cc(C2CCN(C(=O)OC(C)(C)C)CC2)c(C)cc1Nc1ncc(Cl)c(Nc2cccnc2S(=O)(=O)C(C)C)n1. The molecule has 43 heavy (non-hydrogen) atoms. The number of likely N-dealkylation sites (tertiary alicyclic amines) is 1. The zero-order valence-corrected chi connectivity index (χ0v) is 27.1. The van der Waals surface area contributed by atoms with Gasteiger partial charge in [0.15, 0.2) is 20.7 Å².